The zero-order chi connectivity index (χ0) is 8.55. The SMILES string of the molecule is Fc1ncc(Br)cc1CC1CO1. The fourth-order valence-electron chi connectivity index (χ4n) is 1.04. The van der Waals surface area contributed by atoms with Gasteiger partial charge in [-0.1, -0.05) is 0 Å². The average molecular weight is 232 g/mol. The van der Waals surface area contributed by atoms with Gasteiger partial charge in [0.1, 0.15) is 0 Å². The molecule has 1 unspecified atom stereocenters. The highest BCUT2D eigenvalue weighted by molar-refractivity contribution is 9.10. The molecule has 1 saturated heterocycles. The molecule has 1 aromatic rings. The lowest BCUT2D eigenvalue weighted by molar-refractivity contribution is 0.403. The van der Waals surface area contributed by atoms with Gasteiger partial charge in [0.25, 0.3) is 0 Å². The van der Waals surface area contributed by atoms with Crippen molar-refractivity contribution in [3.63, 3.8) is 0 Å². The first-order valence-electron chi connectivity index (χ1n) is 3.67. The summed E-state index contributed by atoms with van der Waals surface area (Å²) < 4.78 is 18.8. The number of nitrogens with zero attached hydrogens (tertiary/aromatic N) is 1. The topological polar surface area (TPSA) is 25.4 Å². The van der Waals surface area contributed by atoms with E-state index in [1.807, 2.05) is 0 Å². The summed E-state index contributed by atoms with van der Waals surface area (Å²) in [4.78, 5) is 3.59. The molecule has 0 spiro atoms. The monoisotopic (exact) mass is 231 g/mol. The van der Waals surface area contributed by atoms with Gasteiger partial charge >= 0.3 is 0 Å². The van der Waals surface area contributed by atoms with Crippen molar-refractivity contribution < 1.29 is 9.13 Å². The lowest BCUT2D eigenvalue weighted by Crippen LogP contribution is -1.98. The Morgan fingerprint density at radius 1 is 1.75 bits per heavy atom. The second-order valence-corrected chi connectivity index (χ2v) is 3.68. The molecule has 2 nitrogen and oxygen atoms in total. The molecule has 0 aliphatic carbocycles. The van der Waals surface area contributed by atoms with Crippen molar-refractivity contribution in [1.82, 2.24) is 4.98 Å². The molecular weight excluding hydrogens is 225 g/mol. The third kappa shape index (κ3) is 1.81. The van der Waals surface area contributed by atoms with E-state index in [1.165, 1.54) is 6.20 Å². The van der Waals surface area contributed by atoms with Crippen LogP contribution in [0.15, 0.2) is 16.7 Å². The van der Waals surface area contributed by atoms with Crippen molar-refractivity contribution in [2.75, 3.05) is 6.61 Å². The number of pyridine rings is 1. The maximum atomic E-state index is 13.0. The third-order valence-electron chi connectivity index (χ3n) is 1.73. The highest BCUT2D eigenvalue weighted by Gasteiger charge is 2.24. The molecular formula is C8H7BrFNO. The Labute approximate surface area is 77.9 Å². The lowest BCUT2D eigenvalue weighted by Gasteiger charge is -1.99. The molecule has 0 N–H and O–H groups in total. The van der Waals surface area contributed by atoms with E-state index in [0.29, 0.717) is 12.0 Å². The molecule has 2 heterocycles. The van der Waals surface area contributed by atoms with Gasteiger partial charge in [0.05, 0.1) is 12.7 Å². The summed E-state index contributed by atoms with van der Waals surface area (Å²) in [5, 5.41) is 0. The number of halogens is 2. The van der Waals surface area contributed by atoms with E-state index in [2.05, 4.69) is 20.9 Å². The molecule has 0 saturated carbocycles. The highest BCUT2D eigenvalue weighted by atomic mass is 79.9. The van der Waals surface area contributed by atoms with Crippen LogP contribution in [0.25, 0.3) is 0 Å². The van der Waals surface area contributed by atoms with Gasteiger partial charge in [-0.25, -0.2) is 4.98 Å². The Kier molecular flexibility index (Phi) is 2.11. The number of hydrogen-bond acceptors (Lipinski definition) is 2. The van der Waals surface area contributed by atoms with Gasteiger partial charge in [-0.3, -0.25) is 0 Å². The summed E-state index contributed by atoms with van der Waals surface area (Å²) >= 11 is 3.24. The van der Waals surface area contributed by atoms with Crippen LogP contribution in [0, 0.1) is 5.95 Å². The summed E-state index contributed by atoms with van der Waals surface area (Å²) in [6.07, 6.45) is 2.28. The first-order chi connectivity index (χ1) is 5.75. The smallest absolute Gasteiger partial charge is 0.216 e. The Bertz CT molecular complexity index is 301. The van der Waals surface area contributed by atoms with E-state index in [-0.39, 0.29) is 6.10 Å². The number of rotatable bonds is 2. The first kappa shape index (κ1) is 8.13. The van der Waals surface area contributed by atoms with Crippen LogP contribution in [0.5, 0.6) is 0 Å². The maximum Gasteiger partial charge on any atom is 0.216 e. The van der Waals surface area contributed by atoms with Crippen LogP contribution in [0.4, 0.5) is 4.39 Å². The molecule has 1 aliphatic heterocycles. The van der Waals surface area contributed by atoms with Crippen LogP contribution < -0.4 is 0 Å². The van der Waals surface area contributed by atoms with Gasteiger partial charge in [-0.2, -0.15) is 4.39 Å². The van der Waals surface area contributed by atoms with E-state index in [1.54, 1.807) is 6.07 Å². The minimum Gasteiger partial charge on any atom is -0.373 e. The summed E-state index contributed by atoms with van der Waals surface area (Å²) in [5.74, 6) is -0.395. The number of epoxide rings is 1. The van der Waals surface area contributed by atoms with Crippen LogP contribution in [0.3, 0.4) is 0 Å². The standard InChI is InChI=1S/C8H7BrFNO/c9-6-1-5(2-7-4-12-7)8(10)11-3-6/h1,3,7H,2,4H2. The van der Waals surface area contributed by atoms with E-state index >= 15 is 0 Å². The van der Waals surface area contributed by atoms with Crippen molar-refractivity contribution in [1.29, 1.82) is 0 Å². The van der Waals surface area contributed by atoms with E-state index in [0.717, 1.165) is 11.1 Å². The molecule has 1 fully saturated rings. The Morgan fingerprint density at radius 2 is 2.50 bits per heavy atom. The van der Waals surface area contributed by atoms with Crippen molar-refractivity contribution in [2.24, 2.45) is 0 Å². The normalized spacial score (nSPS) is 21.0. The molecule has 0 radical (unpaired) electrons. The summed E-state index contributed by atoms with van der Waals surface area (Å²) in [6, 6.07) is 1.74. The van der Waals surface area contributed by atoms with Crippen LogP contribution in [0.1, 0.15) is 5.56 Å². The van der Waals surface area contributed by atoms with Crippen molar-refractivity contribution >= 4 is 15.9 Å². The summed E-state index contributed by atoms with van der Waals surface area (Å²) in [5.41, 5.74) is 0.617. The van der Waals surface area contributed by atoms with Gasteiger partial charge in [-0.05, 0) is 22.0 Å². The number of aromatic nitrogens is 1. The Hall–Kier alpha value is -0.480. The molecule has 0 amide bonds. The van der Waals surface area contributed by atoms with E-state index in [9.17, 15) is 4.39 Å². The highest BCUT2D eigenvalue weighted by Crippen LogP contribution is 2.20. The second kappa shape index (κ2) is 3.11. The molecule has 12 heavy (non-hydrogen) atoms. The minimum atomic E-state index is -0.395. The van der Waals surface area contributed by atoms with Crippen molar-refractivity contribution in [3.8, 4) is 0 Å². The van der Waals surface area contributed by atoms with E-state index < -0.39 is 5.95 Å². The fourth-order valence-corrected chi connectivity index (χ4v) is 1.42. The number of ether oxygens (including phenoxy) is 1. The molecule has 64 valence electrons. The Balaban J connectivity index is 2.21. The van der Waals surface area contributed by atoms with Crippen LogP contribution in [-0.2, 0) is 11.2 Å². The van der Waals surface area contributed by atoms with E-state index in [4.69, 9.17) is 4.74 Å². The van der Waals surface area contributed by atoms with Crippen molar-refractivity contribution in [2.45, 2.75) is 12.5 Å². The molecule has 1 aromatic heterocycles. The molecule has 2 rings (SSSR count). The minimum absolute atomic E-state index is 0.204. The molecule has 4 heteroatoms. The predicted octanol–water partition coefficient (Wildman–Crippen LogP) is 1.92. The maximum absolute atomic E-state index is 13.0. The Morgan fingerprint density at radius 3 is 3.17 bits per heavy atom. The zero-order valence-corrected chi connectivity index (χ0v) is 7.84. The van der Waals surface area contributed by atoms with Crippen LogP contribution >= 0.6 is 15.9 Å². The zero-order valence-electron chi connectivity index (χ0n) is 6.26. The summed E-state index contributed by atoms with van der Waals surface area (Å²) in [6.45, 7) is 0.742. The lowest BCUT2D eigenvalue weighted by atomic mass is 10.2. The molecule has 1 aliphatic rings. The average Bonchev–Trinajstić information content (AvgIpc) is 2.81. The molecule has 0 bridgehead atoms. The quantitative estimate of drug-likeness (QED) is 0.575. The second-order valence-electron chi connectivity index (χ2n) is 2.76. The molecule has 1 atom stereocenters. The van der Waals surface area contributed by atoms with Gasteiger partial charge < -0.3 is 4.74 Å². The molecule has 0 aromatic carbocycles. The largest absolute Gasteiger partial charge is 0.373 e. The van der Waals surface area contributed by atoms with Crippen LogP contribution in [-0.4, -0.2) is 17.7 Å². The van der Waals surface area contributed by atoms with Gasteiger partial charge in [0.15, 0.2) is 0 Å². The van der Waals surface area contributed by atoms with Crippen LogP contribution in [0.2, 0.25) is 0 Å². The fraction of sp³-hybridized carbons (Fsp3) is 0.375. The van der Waals surface area contributed by atoms with Crippen molar-refractivity contribution in [3.05, 3.63) is 28.2 Å². The van der Waals surface area contributed by atoms with Gasteiger partial charge in [0.2, 0.25) is 5.95 Å². The number of hydrogen-bond donors (Lipinski definition) is 0. The van der Waals surface area contributed by atoms with Gasteiger partial charge in [-0.15, -0.1) is 0 Å². The van der Waals surface area contributed by atoms with Gasteiger partial charge in [0, 0.05) is 22.7 Å². The predicted molar refractivity (Wildman–Crippen MR) is 45.3 cm³/mol. The summed E-state index contributed by atoms with van der Waals surface area (Å²) in [7, 11) is 0. The third-order valence-corrected chi connectivity index (χ3v) is 2.16. The first-order valence-corrected chi connectivity index (χ1v) is 4.46.